The van der Waals surface area contributed by atoms with E-state index in [1.807, 2.05) is 11.3 Å². The van der Waals surface area contributed by atoms with Gasteiger partial charge in [-0.05, 0) is 42.0 Å². The summed E-state index contributed by atoms with van der Waals surface area (Å²) in [6.45, 7) is 2.20. The number of hydrogen-bond donors (Lipinski definition) is 0. The van der Waals surface area contributed by atoms with Crippen LogP contribution in [0.2, 0.25) is 0 Å². The first kappa shape index (κ1) is 11.9. The zero-order valence-electron chi connectivity index (χ0n) is 11.5. The second-order valence-electron chi connectivity index (χ2n) is 5.38. The molecule has 0 nitrogen and oxygen atoms in total. The Morgan fingerprint density at radius 3 is 2.70 bits per heavy atom. The highest BCUT2D eigenvalue weighted by molar-refractivity contribution is 7.20. The number of aryl methyl sites for hydroxylation is 2. The van der Waals surface area contributed by atoms with Crippen molar-refractivity contribution in [3.8, 4) is 11.1 Å². The topological polar surface area (TPSA) is 0 Å². The van der Waals surface area contributed by atoms with Crippen LogP contribution in [0.4, 0.5) is 0 Å². The molecule has 1 aromatic heterocycles. The van der Waals surface area contributed by atoms with Crippen LogP contribution in [0.25, 0.3) is 27.3 Å². The van der Waals surface area contributed by atoms with Gasteiger partial charge in [0.1, 0.15) is 0 Å². The zero-order valence-corrected chi connectivity index (χ0v) is 12.3. The number of benzene rings is 2. The van der Waals surface area contributed by atoms with E-state index >= 15 is 0 Å². The molecule has 0 spiro atoms. The van der Waals surface area contributed by atoms with Gasteiger partial charge in [-0.2, -0.15) is 0 Å². The molecule has 0 radical (unpaired) electrons. The molecule has 0 saturated carbocycles. The molecule has 3 aromatic rings. The van der Waals surface area contributed by atoms with Crippen molar-refractivity contribution in [1.29, 1.82) is 0 Å². The molecule has 2 aromatic carbocycles. The SMILES string of the molecule is Cc1ccccc1-c1cccc2c3c(sc12)CCC=C3. The molecular weight excluding hydrogens is 260 g/mol. The van der Waals surface area contributed by atoms with Gasteiger partial charge in [0.15, 0.2) is 0 Å². The van der Waals surface area contributed by atoms with Crippen molar-refractivity contribution in [2.45, 2.75) is 19.8 Å². The van der Waals surface area contributed by atoms with Crippen LogP contribution in [0.3, 0.4) is 0 Å². The molecule has 1 aliphatic carbocycles. The minimum absolute atomic E-state index is 1.18. The van der Waals surface area contributed by atoms with E-state index in [1.165, 1.54) is 45.2 Å². The van der Waals surface area contributed by atoms with E-state index in [1.54, 1.807) is 4.88 Å². The monoisotopic (exact) mass is 276 g/mol. The van der Waals surface area contributed by atoms with Gasteiger partial charge in [0, 0.05) is 15.0 Å². The lowest BCUT2D eigenvalue weighted by molar-refractivity contribution is 1.02. The van der Waals surface area contributed by atoms with Crippen molar-refractivity contribution in [1.82, 2.24) is 0 Å². The largest absolute Gasteiger partial charge is 0.139 e. The first-order valence-electron chi connectivity index (χ1n) is 7.11. The molecule has 0 saturated heterocycles. The van der Waals surface area contributed by atoms with Gasteiger partial charge in [-0.25, -0.2) is 0 Å². The lowest BCUT2D eigenvalue weighted by Crippen LogP contribution is -1.87. The summed E-state index contributed by atoms with van der Waals surface area (Å²) in [5.41, 5.74) is 5.54. The molecule has 98 valence electrons. The van der Waals surface area contributed by atoms with Gasteiger partial charge in [0.2, 0.25) is 0 Å². The van der Waals surface area contributed by atoms with Gasteiger partial charge in [0.25, 0.3) is 0 Å². The summed E-state index contributed by atoms with van der Waals surface area (Å²) in [4.78, 5) is 1.54. The Morgan fingerprint density at radius 2 is 1.80 bits per heavy atom. The van der Waals surface area contributed by atoms with E-state index in [9.17, 15) is 0 Å². The number of hydrogen-bond acceptors (Lipinski definition) is 1. The van der Waals surface area contributed by atoms with Crippen LogP contribution in [0.1, 0.15) is 22.4 Å². The van der Waals surface area contributed by atoms with E-state index in [0.29, 0.717) is 0 Å². The number of thiophene rings is 1. The molecule has 0 aliphatic heterocycles. The van der Waals surface area contributed by atoms with Gasteiger partial charge in [-0.3, -0.25) is 0 Å². The first-order valence-corrected chi connectivity index (χ1v) is 7.93. The molecule has 0 unspecified atom stereocenters. The minimum atomic E-state index is 1.18. The van der Waals surface area contributed by atoms with Crippen molar-refractivity contribution in [3.63, 3.8) is 0 Å². The Labute approximate surface area is 123 Å². The van der Waals surface area contributed by atoms with Crippen LogP contribution in [-0.2, 0) is 6.42 Å². The lowest BCUT2D eigenvalue weighted by atomic mass is 9.97. The number of fused-ring (bicyclic) bond motifs is 3. The predicted molar refractivity (Wildman–Crippen MR) is 89.4 cm³/mol. The van der Waals surface area contributed by atoms with Gasteiger partial charge < -0.3 is 0 Å². The van der Waals surface area contributed by atoms with E-state index in [4.69, 9.17) is 0 Å². The van der Waals surface area contributed by atoms with Crippen LogP contribution < -0.4 is 0 Å². The lowest BCUT2D eigenvalue weighted by Gasteiger charge is -2.07. The molecule has 0 atom stereocenters. The minimum Gasteiger partial charge on any atom is -0.139 e. The maximum atomic E-state index is 2.30. The van der Waals surface area contributed by atoms with Crippen LogP contribution in [0.15, 0.2) is 48.5 Å². The van der Waals surface area contributed by atoms with Gasteiger partial charge in [0.05, 0.1) is 0 Å². The Bertz CT molecular complexity index is 821. The molecule has 20 heavy (non-hydrogen) atoms. The molecule has 1 aliphatic rings. The highest BCUT2D eigenvalue weighted by Gasteiger charge is 2.15. The molecule has 0 amide bonds. The van der Waals surface area contributed by atoms with Crippen LogP contribution in [0.5, 0.6) is 0 Å². The molecular formula is C19H16S. The standard InChI is InChI=1S/C19H16S/c1-13-7-2-3-8-14(13)16-10-6-11-17-15-9-4-5-12-18(15)20-19(16)17/h2-4,6-11H,5,12H2,1H3. The van der Waals surface area contributed by atoms with Crippen molar-refractivity contribution >= 4 is 27.5 Å². The summed E-state index contributed by atoms with van der Waals surface area (Å²) in [6.07, 6.45) is 6.98. The number of rotatable bonds is 1. The van der Waals surface area contributed by atoms with E-state index in [-0.39, 0.29) is 0 Å². The predicted octanol–water partition coefficient (Wildman–Crippen LogP) is 5.84. The van der Waals surface area contributed by atoms with E-state index in [0.717, 1.165) is 0 Å². The maximum absolute atomic E-state index is 2.30. The van der Waals surface area contributed by atoms with Crippen molar-refractivity contribution in [3.05, 3.63) is 64.5 Å². The third-order valence-electron chi connectivity index (χ3n) is 4.09. The quantitative estimate of drug-likeness (QED) is 0.524. The first-order chi connectivity index (χ1) is 9.84. The average Bonchev–Trinajstić information content (AvgIpc) is 2.86. The molecule has 1 heteroatoms. The third kappa shape index (κ3) is 1.74. The Morgan fingerprint density at radius 1 is 0.950 bits per heavy atom. The fourth-order valence-corrected chi connectivity index (χ4v) is 4.39. The van der Waals surface area contributed by atoms with Gasteiger partial charge >= 0.3 is 0 Å². The summed E-state index contributed by atoms with van der Waals surface area (Å²) in [5, 5.41) is 1.42. The van der Waals surface area contributed by atoms with Gasteiger partial charge in [-0.15, -0.1) is 11.3 Å². The smallest absolute Gasteiger partial charge is 0.0430 e. The summed E-state index contributed by atoms with van der Waals surface area (Å²) >= 11 is 1.98. The van der Waals surface area contributed by atoms with E-state index in [2.05, 4.69) is 61.5 Å². The fraction of sp³-hybridized carbons (Fsp3) is 0.158. The highest BCUT2D eigenvalue weighted by atomic mass is 32.1. The summed E-state index contributed by atoms with van der Waals surface area (Å²) < 4.78 is 1.44. The number of allylic oxidation sites excluding steroid dienone is 1. The summed E-state index contributed by atoms with van der Waals surface area (Å²) in [7, 11) is 0. The van der Waals surface area contributed by atoms with Crippen LogP contribution in [-0.4, -0.2) is 0 Å². The van der Waals surface area contributed by atoms with Crippen LogP contribution >= 0.6 is 11.3 Å². The Hall–Kier alpha value is -1.86. The Kier molecular flexibility index (Phi) is 2.75. The molecule has 4 rings (SSSR count). The summed E-state index contributed by atoms with van der Waals surface area (Å²) in [6, 6.07) is 15.4. The average molecular weight is 276 g/mol. The van der Waals surface area contributed by atoms with Gasteiger partial charge in [-0.1, -0.05) is 54.6 Å². The fourth-order valence-electron chi connectivity index (χ4n) is 3.06. The Balaban J connectivity index is 2.04. The highest BCUT2D eigenvalue weighted by Crippen LogP contribution is 2.41. The third-order valence-corrected chi connectivity index (χ3v) is 5.40. The van der Waals surface area contributed by atoms with E-state index < -0.39 is 0 Å². The van der Waals surface area contributed by atoms with Crippen LogP contribution in [0, 0.1) is 6.92 Å². The zero-order chi connectivity index (χ0) is 13.5. The van der Waals surface area contributed by atoms with Crippen molar-refractivity contribution < 1.29 is 0 Å². The normalized spacial score (nSPS) is 13.7. The van der Waals surface area contributed by atoms with Crippen molar-refractivity contribution in [2.75, 3.05) is 0 Å². The second kappa shape index (κ2) is 4.60. The molecule has 0 fully saturated rings. The second-order valence-corrected chi connectivity index (χ2v) is 6.48. The maximum Gasteiger partial charge on any atom is 0.0430 e. The molecule has 0 N–H and O–H groups in total. The van der Waals surface area contributed by atoms with Crippen molar-refractivity contribution in [2.24, 2.45) is 0 Å². The molecule has 1 heterocycles. The molecule has 0 bridgehead atoms. The summed E-state index contributed by atoms with van der Waals surface area (Å²) in [5.74, 6) is 0.